The lowest BCUT2D eigenvalue weighted by Gasteiger charge is -2.34. The summed E-state index contributed by atoms with van der Waals surface area (Å²) < 4.78 is 1.94. The van der Waals surface area contributed by atoms with Gasteiger partial charge in [0.05, 0.1) is 23.3 Å². The second-order valence-electron chi connectivity index (χ2n) is 7.10. The molecule has 0 spiro atoms. The van der Waals surface area contributed by atoms with E-state index in [1.165, 1.54) is 5.56 Å². The Kier molecular flexibility index (Phi) is 5.62. The topological polar surface area (TPSA) is 63.0 Å². The average Bonchev–Trinajstić information content (AvgIpc) is 3.23. The molecule has 0 bridgehead atoms. The van der Waals surface area contributed by atoms with Crippen LogP contribution in [0.15, 0.2) is 42.7 Å². The molecular formula is C21H27N7. The molecular weight excluding hydrogens is 350 g/mol. The van der Waals surface area contributed by atoms with Gasteiger partial charge in [-0.05, 0) is 25.0 Å². The Hall–Kier alpha value is -2.80. The molecule has 3 heterocycles. The molecule has 0 N–H and O–H groups in total. The molecule has 0 saturated carbocycles. The summed E-state index contributed by atoms with van der Waals surface area (Å²) in [6, 6.07) is 10.2. The Balaban J connectivity index is 1.35. The van der Waals surface area contributed by atoms with Crippen LogP contribution in [0.1, 0.15) is 30.8 Å². The van der Waals surface area contributed by atoms with Crippen LogP contribution in [0.2, 0.25) is 0 Å². The first-order valence-corrected chi connectivity index (χ1v) is 10.1. The highest BCUT2D eigenvalue weighted by atomic mass is 15.4. The second kappa shape index (κ2) is 8.48. The van der Waals surface area contributed by atoms with Crippen LogP contribution in [0.3, 0.4) is 0 Å². The highest BCUT2D eigenvalue weighted by molar-refractivity contribution is 5.32. The van der Waals surface area contributed by atoms with Crippen molar-refractivity contribution >= 4 is 5.95 Å². The maximum atomic E-state index is 4.75. The third-order valence-corrected chi connectivity index (χ3v) is 5.22. The van der Waals surface area contributed by atoms with Gasteiger partial charge in [0, 0.05) is 44.5 Å². The first-order chi connectivity index (χ1) is 13.8. The van der Waals surface area contributed by atoms with Gasteiger partial charge in [-0.3, -0.25) is 4.90 Å². The molecule has 7 heteroatoms. The third-order valence-electron chi connectivity index (χ3n) is 5.22. The van der Waals surface area contributed by atoms with E-state index in [4.69, 9.17) is 4.98 Å². The van der Waals surface area contributed by atoms with Crippen LogP contribution in [0.25, 0.3) is 5.69 Å². The largest absolute Gasteiger partial charge is 0.337 e. The molecule has 1 saturated heterocycles. The zero-order valence-corrected chi connectivity index (χ0v) is 16.6. The van der Waals surface area contributed by atoms with Crippen molar-refractivity contribution in [3.8, 4) is 5.69 Å². The summed E-state index contributed by atoms with van der Waals surface area (Å²) in [6.45, 7) is 8.94. The Morgan fingerprint density at radius 1 is 0.893 bits per heavy atom. The summed E-state index contributed by atoms with van der Waals surface area (Å²) in [6.07, 6.45) is 5.86. The number of hydrogen-bond acceptors (Lipinski definition) is 6. The van der Waals surface area contributed by atoms with Crippen LogP contribution in [0.5, 0.6) is 0 Å². The Morgan fingerprint density at radius 3 is 2.36 bits per heavy atom. The first kappa shape index (κ1) is 18.6. The highest BCUT2D eigenvalue weighted by Crippen LogP contribution is 2.15. The maximum Gasteiger partial charge on any atom is 0.245 e. The molecule has 1 aliphatic rings. The highest BCUT2D eigenvalue weighted by Gasteiger charge is 2.20. The molecule has 28 heavy (non-hydrogen) atoms. The molecule has 4 rings (SSSR count). The van der Waals surface area contributed by atoms with Crippen LogP contribution in [0.4, 0.5) is 5.95 Å². The summed E-state index contributed by atoms with van der Waals surface area (Å²) in [5.74, 6) is 0.769. The van der Waals surface area contributed by atoms with E-state index in [0.717, 1.165) is 68.6 Å². The Bertz CT molecular complexity index is 898. The quantitative estimate of drug-likeness (QED) is 0.658. The summed E-state index contributed by atoms with van der Waals surface area (Å²) >= 11 is 0. The zero-order valence-electron chi connectivity index (χ0n) is 16.6. The fourth-order valence-corrected chi connectivity index (χ4v) is 3.59. The third kappa shape index (κ3) is 4.04. The maximum absolute atomic E-state index is 4.75. The minimum Gasteiger partial charge on any atom is -0.337 e. The van der Waals surface area contributed by atoms with Crippen molar-refractivity contribution in [3.05, 3.63) is 59.7 Å². The van der Waals surface area contributed by atoms with Gasteiger partial charge in [0.15, 0.2) is 0 Å². The van der Waals surface area contributed by atoms with E-state index < -0.39 is 0 Å². The van der Waals surface area contributed by atoms with Gasteiger partial charge >= 0.3 is 0 Å². The van der Waals surface area contributed by atoms with Crippen molar-refractivity contribution < 1.29 is 0 Å². The molecule has 1 fully saturated rings. The number of piperazine rings is 1. The van der Waals surface area contributed by atoms with Gasteiger partial charge in [-0.25, -0.2) is 9.67 Å². The normalized spacial score (nSPS) is 15.1. The van der Waals surface area contributed by atoms with Gasteiger partial charge in [0.25, 0.3) is 0 Å². The van der Waals surface area contributed by atoms with Gasteiger partial charge in [-0.1, -0.05) is 32.0 Å². The SMILES string of the molecule is CCc1nnc(N2CCN(Cc3cnn(-c4ccccc4)c3)CC2)nc1CC. The number of hydrogen-bond donors (Lipinski definition) is 0. The van der Waals surface area contributed by atoms with Gasteiger partial charge in [0.1, 0.15) is 0 Å². The predicted molar refractivity (Wildman–Crippen MR) is 110 cm³/mol. The van der Waals surface area contributed by atoms with E-state index in [1.54, 1.807) is 0 Å². The van der Waals surface area contributed by atoms with Crippen molar-refractivity contribution in [3.63, 3.8) is 0 Å². The van der Waals surface area contributed by atoms with Crippen molar-refractivity contribution in [2.75, 3.05) is 31.1 Å². The minimum atomic E-state index is 0.769. The molecule has 1 aliphatic heterocycles. The van der Waals surface area contributed by atoms with Crippen LogP contribution in [0, 0.1) is 0 Å². The molecule has 0 amide bonds. The number of aryl methyl sites for hydroxylation is 2. The van der Waals surface area contributed by atoms with Crippen LogP contribution in [-0.2, 0) is 19.4 Å². The predicted octanol–water partition coefficient (Wildman–Crippen LogP) is 2.50. The zero-order chi connectivity index (χ0) is 19.3. The Labute approximate surface area is 166 Å². The molecule has 2 aromatic heterocycles. The van der Waals surface area contributed by atoms with Crippen LogP contribution < -0.4 is 4.90 Å². The standard InChI is InChI=1S/C21H27N7/c1-3-19-20(4-2)24-25-21(23-19)27-12-10-26(11-13-27)15-17-14-22-28(16-17)18-8-6-5-7-9-18/h5-9,14,16H,3-4,10-13,15H2,1-2H3. The van der Waals surface area contributed by atoms with Gasteiger partial charge < -0.3 is 4.90 Å². The summed E-state index contributed by atoms with van der Waals surface area (Å²) in [4.78, 5) is 9.45. The molecule has 3 aromatic rings. The van der Waals surface area contributed by atoms with E-state index in [1.807, 2.05) is 29.1 Å². The van der Waals surface area contributed by atoms with Crippen molar-refractivity contribution in [2.24, 2.45) is 0 Å². The average molecular weight is 377 g/mol. The number of benzene rings is 1. The van der Waals surface area contributed by atoms with Crippen molar-refractivity contribution in [2.45, 2.75) is 33.2 Å². The summed E-state index contributed by atoms with van der Waals surface area (Å²) in [5, 5.41) is 13.2. The monoisotopic (exact) mass is 377 g/mol. The fourth-order valence-electron chi connectivity index (χ4n) is 3.59. The first-order valence-electron chi connectivity index (χ1n) is 10.1. The molecule has 0 unspecified atom stereocenters. The molecule has 146 valence electrons. The Morgan fingerprint density at radius 2 is 1.64 bits per heavy atom. The molecule has 7 nitrogen and oxygen atoms in total. The minimum absolute atomic E-state index is 0.769. The van der Waals surface area contributed by atoms with Gasteiger partial charge in [0.2, 0.25) is 5.95 Å². The van der Waals surface area contributed by atoms with Crippen LogP contribution in [-0.4, -0.2) is 56.0 Å². The molecule has 1 aromatic carbocycles. The van der Waals surface area contributed by atoms with Crippen molar-refractivity contribution in [1.29, 1.82) is 0 Å². The lowest BCUT2D eigenvalue weighted by atomic mass is 10.2. The lowest BCUT2D eigenvalue weighted by Crippen LogP contribution is -2.46. The van der Waals surface area contributed by atoms with E-state index in [9.17, 15) is 0 Å². The number of para-hydroxylation sites is 1. The van der Waals surface area contributed by atoms with E-state index in [-0.39, 0.29) is 0 Å². The second-order valence-corrected chi connectivity index (χ2v) is 7.10. The molecule has 0 atom stereocenters. The number of nitrogens with zero attached hydrogens (tertiary/aromatic N) is 7. The van der Waals surface area contributed by atoms with Crippen molar-refractivity contribution in [1.82, 2.24) is 29.9 Å². The number of rotatable bonds is 6. The lowest BCUT2D eigenvalue weighted by molar-refractivity contribution is 0.248. The smallest absolute Gasteiger partial charge is 0.245 e. The molecule has 0 aliphatic carbocycles. The number of aromatic nitrogens is 5. The van der Waals surface area contributed by atoms with E-state index in [2.05, 4.69) is 57.3 Å². The van der Waals surface area contributed by atoms with E-state index in [0.29, 0.717) is 0 Å². The van der Waals surface area contributed by atoms with E-state index >= 15 is 0 Å². The molecule has 0 radical (unpaired) electrons. The van der Waals surface area contributed by atoms with Crippen LogP contribution >= 0.6 is 0 Å². The number of anilines is 1. The van der Waals surface area contributed by atoms with Gasteiger partial charge in [-0.2, -0.15) is 10.2 Å². The fraction of sp³-hybridized carbons (Fsp3) is 0.429. The van der Waals surface area contributed by atoms with Gasteiger partial charge in [-0.15, -0.1) is 5.10 Å². The summed E-state index contributed by atoms with van der Waals surface area (Å²) in [5.41, 5.74) is 4.41. The summed E-state index contributed by atoms with van der Waals surface area (Å²) in [7, 11) is 0.